The molecular weight excluding hydrogens is 410 g/mol. The second-order valence-corrected chi connectivity index (χ2v) is 8.77. The van der Waals surface area contributed by atoms with Crippen molar-refractivity contribution in [2.24, 2.45) is 5.92 Å². The molecule has 3 aromatic rings. The molecule has 2 heterocycles. The van der Waals surface area contributed by atoms with Gasteiger partial charge in [0, 0.05) is 29.4 Å². The van der Waals surface area contributed by atoms with Crippen molar-refractivity contribution in [2.45, 2.75) is 25.9 Å². The molecule has 1 aliphatic heterocycles. The lowest BCUT2D eigenvalue weighted by Gasteiger charge is -2.14. The number of hydrogen-bond donors (Lipinski definition) is 3. The number of hydrogen-bond acceptors (Lipinski definition) is 6. The number of nitrogens with zero attached hydrogens (tertiary/aromatic N) is 3. The van der Waals surface area contributed by atoms with Crippen LogP contribution in [0.2, 0.25) is 0 Å². The first kappa shape index (κ1) is 22.5. The molecule has 6 nitrogen and oxygen atoms in total. The molecule has 4 rings (SSSR count). The fourth-order valence-corrected chi connectivity index (χ4v) is 3.68. The van der Waals surface area contributed by atoms with Crippen molar-refractivity contribution in [3.63, 3.8) is 0 Å². The Bertz CT molecular complexity index is 1200. The van der Waals surface area contributed by atoms with Crippen molar-refractivity contribution in [2.75, 3.05) is 25.0 Å². The molecule has 0 aliphatic carbocycles. The minimum absolute atomic E-state index is 0.573. The molecule has 0 saturated carbocycles. The van der Waals surface area contributed by atoms with Gasteiger partial charge in [-0.25, -0.2) is 9.97 Å². The minimum atomic E-state index is -1.04. The first-order valence-electron chi connectivity index (χ1n) is 11.1. The molecule has 33 heavy (non-hydrogen) atoms. The maximum absolute atomic E-state index is 9.83. The van der Waals surface area contributed by atoms with Crippen LogP contribution < -0.4 is 10.6 Å². The Morgan fingerprint density at radius 2 is 1.79 bits per heavy atom. The van der Waals surface area contributed by atoms with Gasteiger partial charge in [0.15, 0.2) is 0 Å². The van der Waals surface area contributed by atoms with Crippen molar-refractivity contribution in [3.8, 4) is 40.3 Å². The summed E-state index contributed by atoms with van der Waals surface area (Å²) in [5, 5.41) is 25.7. The van der Waals surface area contributed by atoms with Crippen LogP contribution in [0.5, 0.6) is 0 Å². The number of anilines is 1. The topological polar surface area (TPSA) is 93.9 Å². The van der Waals surface area contributed by atoms with Gasteiger partial charge in [0.25, 0.3) is 0 Å². The van der Waals surface area contributed by atoms with E-state index in [2.05, 4.69) is 33.5 Å². The van der Waals surface area contributed by atoms with E-state index in [0.717, 1.165) is 54.0 Å². The Morgan fingerprint density at radius 3 is 2.42 bits per heavy atom. The number of aromatic nitrogens is 2. The SMILES string of the molecule is CC(C)(O)C#Cc1ccc(-c2cnc(NC[C@H]3CCNC3)nc2-c2ccc(C#N)cc2)cc1. The third-order valence-electron chi connectivity index (χ3n) is 5.50. The van der Waals surface area contributed by atoms with Crippen molar-refractivity contribution in [1.82, 2.24) is 15.3 Å². The summed E-state index contributed by atoms with van der Waals surface area (Å²) >= 11 is 0. The molecule has 0 spiro atoms. The van der Waals surface area contributed by atoms with Crippen LogP contribution in [0, 0.1) is 29.1 Å². The summed E-state index contributed by atoms with van der Waals surface area (Å²) in [5.74, 6) is 7.00. The first-order valence-corrected chi connectivity index (χ1v) is 11.1. The number of aliphatic hydroxyl groups is 1. The second kappa shape index (κ2) is 9.83. The largest absolute Gasteiger partial charge is 0.378 e. The van der Waals surface area contributed by atoms with E-state index >= 15 is 0 Å². The van der Waals surface area contributed by atoms with Gasteiger partial charge in [-0.3, -0.25) is 0 Å². The van der Waals surface area contributed by atoms with E-state index in [0.29, 0.717) is 17.4 Å². The van der Waals surface area contributed by atoms with Gasteiger partial charge in [0.05, 0.1) is 17.3 Å². The second-order valence-electron chi connectivity index (χ2n) is 8.77. The zero-order valence-corrected chi connectivity index (χ0v) is 18.9. The zero-order valence-electron chi connectivity index (χ0n) is 18.9. The van der Waals surface area contributed by atoms with E-state index in [1.807, 2.05) is 42.6 Å². The van der Waals surface area contributed by atoms with E-state index in [9.17, 15) is 5.11 Å². The molecule has 1 fully saturated rings. The highest BCUT2D eigenvalue weighted by Crippen LogP contribution is 2.31. The van der Waals surface area contributed by atoms with Crippen molar-refractivity contribution in [1.29, 1.82) is 5.26 Å². The van der Waals surface area contributed by atoms with Crippen LogP contribution in [0.15, 0.2) is 54.7 Å². The summed E-state index contributed by atoms with van der Waals surface area (Å²) < 4.78 is 0. The molecular formula is C27H27N5O. The maximum atomic E-state index is 9.83. The average molecular weight is 438 g/mol. The Hall–Kier alpha value is -3.71. The predicted molar refractivity (Wildman–Crippen MR) is 130 cm³/mol. The molecule has 1 saturated heterocycles. The van der Waals surface area contributed by atoms with Crippen LogP contribution in [0.25, 0.3) is 22.4 Å². The van der Waals surface area contributed by atoms with E-state index in [-0.39, 0.29) is 0 Å². The van der Waals surface area contributed by atoms with Gasteiger partial charge in [-0.2, -0.15) is 5.26 Å². The molecule has 166 valence electrons. The highest BCUT2D eigenvalue weighted by atomic mass is 16.3. The third kappa shape index (κ3) is 5.96. The van der Waals surface area contributed by atoms with Gasteiger partial charge in [-0.15, -0.1) is 0 Å². The summed E-state index contributed by atoms with van der Waals surface area (Å²) in [6, 6.07) is 17.4. The van der Waals surface area contributed by atoms with Gasteiger partial charge in [-0.1, -0.05) is 36.1 Å². The number of rotatable bonds is 5. The van der Waals surface area contributed by atoms with Gasteiger partial charge in [0.2, 0.25) is 5.95 Å². The molecule has 0 radical (unpaired) electrons. The molecule has 6 heteroatoms. The van der Waals surface area contributed by atoms with Crippen molar-refractivity contribution >= 4 is 5.95 Å². The molecule has 1 aliphatic rings. The predicted octanol–water partition coefficient (Wildman–Crippen LogP) is 3.83. The van der Waals surface area contributed by atoms with Crippen molar-refractivity contribution in [3.05, 3.63) is 65.9 Å². The van der Waals surface area contributed by atoms with Gasteiger partial charge in [-0.05, 0) is 69.1 Å². The van der Waals surface area contributed by atoms with Crippen LogP contribution in [0.4, 0.5) is 5.95 Å². The fourth-order valence-electron chi connectivity index (χ4n) is 3.68. The molecule has 0 unspecified atom stereocenters. The van der Waals surface area contributed by atoms with Gasteiger partial charge >= 0.3 is 0 Å². The molecule has 2 aromatic carbocycles. The molecule has 1 atom stereocenters. The number of benzene rings is 2. The van der Waals surface area contributed by atoms with E-state index in [1.165, 1.54) is 0 Å². The normalized spacial score (nSPS) is 15.4. The van der Waals surface area contributed by atoms with Crippen LogP contribution >= 0.6 is 0 Å². The van der Waals surface area contributed by atoms with Gasteiger partial charge < -0.3 is 15.7 Å². The highest BCUT2D eigenvalue weighted by molar-refractivity contribution is 5.81. The fraction of sp³-hybridized carbons (Fsp3) is 0.296. The van der Waals surface area contributed by atoms with Crippen molar-refractivity contribution < 1.29 is 5.11 Å². The highest BCUT2D eigenvalue weighted by Gasteiger charge is 2.16. The Kier molecular flexibility index (Phi) is 6.70. The van der Waals surface area contributed by atoms with E-state index in [1.54, 1.807) is 26.0 Å². The number of nitriles is 1. The first-order chi connectivity index (χ1) is 15.9. The zero-order chi connectivity index (χ0) is 23.3. The summed E-state index contributed by atoms with van der Waals surface area (Å²) in [5.41, 5.74) is 3.98. The summed E-state index contributed by atoms with van der Waals surface area (Å²) in [4.78, 5) is 9.41. The Morgan fingerprint density at radius 1 is 1.09 bits per heavy atom. The minimum Gasteiger partial charge on any atom is -0.378 e. The average Bonchev–Trinajstić information content (AvgIpc) is 3.35. The lowest BCUT2D eigenvalue weighted by atomic mass is 9.99. The van der Waals surface area contributed by atoms with E-state index in [4.69, 9.17) is 10.2 Å². The Balaban J connectivity index is 1.66. The summed E-state index contributed by atoms with van der Waals surface area (Å²) in [6.45, 7) is 6.21. The maximum Gasteiger partial charge on any atom is 0.223 e. The van der Waals surface area contributed by atoms with E-state index < -0.39 is 5.60 Å². The molecule has 1 aromatic heterocycles. The third-order valence-corrected chi connectivity index (χ3v) is 5.50. The van der Waals surface area contributed by atoms with Crippen LogP contribution in [0.3, 0.4) is 0 Å². The monoisotopic (exact) mass is 437 g/mol. The molecule has 0 amide bonds. The standard InChI is InChI=1S/C27H27N5O/c1-27(2,33)13-11-19-3-7-22(8-4-19)24-18-31-26(30-17-21-12-14-29-16-21)32-25(24)23-9-5-20(15-28)6-10-23/h3-10,18,21,29,33H,12,14,16-17H2,1-2H3,(H,30,31,32)/t21-/m0/s1. The van der Waals surface area contributed by atoms with Gasteiger partial charge in [0.1, 0.15) is 5.60 Å². The van der Waals surface area contributed by atoms with Crippen LogP contribution in [-0.2, 0) is 0 Å². The summed E-state index contributed by atoms with van der Waals surface area (Å²) in [7, 11) is 0. The quantitative estimate of drug-likeness (QED) is 0.526. The molecule has 3 N–H and O–H groups in total. The Labute approximate surface area is 194 Å². The molecule has 0 bridgehead atoms. The summed E-state index contributed by atoms with van der Waals surface area (Å²) in [6.07, 6.45) is 2.99. The van der Waals surface area contributed by atoms with Crippen LogP contribution in [0.1, 0.15) is 31.4 Å². The smallest absolute Gasteiger partial charge is 0.223 e. The number of nitrogens with one attached hydrogen (secondary N) is 2. The lowest BCUT2D eigenvalue weighted by Crippen LogP contribution is -2.18. The van der Waals surface area contributed by atoms with Crippen LogP contribution in [-0.4, -0.2) is 40.3 Å². The lowest BCUT2D eigenvalue weighted by molar-refractivity contribution is 0.143.